The number of pyridine rings is 1. The summed E-state index contributed by atoms with van der Waals surface area (Å²) in [6.45, 7) is 0. The van der Waals surface area contributed by atoms with Crippen molar-refractivity contribution in [3.8, 4) is 16.9 Å². The van der Waals surface area contributed by atoms with E-state index in [1.54, 1.807) is 36.4 Å². The average molecular weight is 466 g/mol. The number of sulfonamides is 1. The summed E-state index contributed by atoms with van der Waals surface area (Å²) >= 11 is 12.0. The minimum atomic E-state index is -4.11. The molecule has 0 radical (unpaired) electrons. The maximum absolute atomic E-state index is 12.4. The summed E-state index contributed by atoms with van der Waals surface area (Å²) in [6.07, 6.45) is 1.44. The van der Waals surface area contributed by atoms with Crippen molar-refractivity contribution in [1.82, 2.24) is 4.98 Å². The number of hydrogen-bond acceptors (Lipinski definition) is 5. The van der Waals surface area contributed by atoms with E-state index in [1.807, 2.05) is 0 Å². The number of nitrogens with zero attached hydrogens (tertiary/aromatic N) is 1. The molecule has 1 heterocycles. The van der Waals surface area contributed by atoms with Gasteiger partial charge in [-0.05, 0) is 29.8 Å². The lowest BCUT2D eigenvalue weighted by Crippen LogP contribution is -2.17. The van der Waals surface area contributed by atoms with Crippen LogP contribution in [0.1, 0.15) is 5.56 Å². The molecular weight excluding hydrogens is 449 g/mol. The van der Waals surface area contributed by atoms with Gasteiger partial charge in [-0.1, -0.05) is 47.5 Å². The van der Waals surface area contributed by atoms with E-state index in [0.717, 1.165) is 0 Å². The van der Waals surface area contributed by atoms with Crippen molar-refractivity contribution in [3.05, 3.63) is 70.5 Å². The first-order valence-corrected chi connectivity index (χ1v) is 10.9. The van der Waals surface area contributed by atoms with Crippen LogP contribution in [0.15, 0.2) is 59.6 Å². The number of aromatic nitrogens is 1. The van der Waals surface area contributed by atoms with Crippen molar-refractivity contribution in [2.45, 2.75) is 11.3 Å². The number of nitrogens with one attached hydrogen (secondary N) is 1. The second kappa shape index (κ2) is 9.01. The van der Waals surface area contributed by atoms with Crippen LogP contribution in [0, 0.1) is 0 Å². The molecule has 0 aliphatic rings. The molecule has 7 nitrogen and oxygen atoms in total. The van der Waals surface area contributed by atoms with Crippen LogP contribution in [0.25, 0.3) is 11.1 Å². The van der Waals surface area contributed by atoms with Gasteiger partial charge < -0.3 is 10.1 Å². The predicted octanol–water partition coefficient (Wildman–Crippen LogP) is 3.89. The Kier molecular flexibility index (Phi) is 6.62. The van der Waals surface area contributed by atoms with Crippen LogP contribution in [-0.2, 0) is 21.2 Å². The Morgan fingerprint density at radius 3 is 2.57 bits per heavy atom. The number of hydrogen-bond donors (Lipinski definition) is 2. The molecule has 3 rings (SSSR count). The van der Waals surface area contributed by atoms with E-state index in [9.17, 15) is 13.2 Å². The molecule has 2 aromatic carbocycles. The van der Waals surface area contributed by atoms with Gasteiger partial charge >= 0.3 is 0 Å². The van der Waals surface area contributed by atoms with Gasteiger partial charge in [0.15, 0.2) is 10.9 Å². The lowest BCUT2D eigenvalue weighted by Gasteiger charge is -2.13. The zero-order valence-electron chi connectivity index (χ0n) is 15.7. The number of nitrogens with two attached hydrogens (primary N) is 1. The fourth-order valence-corrected chi connectivity index (χ4v) is 3.98. The molecule has 1 aromatic heterocycles. The van der Waals surface area contributed by atoms with Crippen molar-refractivity contribution in [3.63, 3.8) is 0 Å². The predicted molar refractivity (Wildman–Crippen MR) is 116 cm³/mol. The van der Waals surface area contributed by atoms with Crippen molar-refractivity contribution >= 4 is 44.8 Å². The average Bonchev–Trinajstić information content (AvgIpc) is 2.69. The summed E-state index contributed by atoms with van der Waals surface area (Å²) in [5, 5.41) is 8.67. The number of halogens is 2. The Bertz CT molecular complexity index is 1220. The minimum absolute atomic E-state index is 0.0322. The highest BCUT2D eigenvalue weighted by Crippen LogP contribution is 2.33. The number of primary sulfonamides is 1. The van der Waals surface area contributed by atoms with E-state index in [-0.39, 0.29) is 33.8 Å². The van der Waals surface area contributed by atoms with Crippen LogP contribution in [0.3, 0.4) is 0 Å². The molecule has 0 saturated carbocycles. The second-order valence-electron chi connectivity index (χ2n) is 6.29. The zero-order valence-corrected chi connectivity index (χ0v) is 18.1. The Morgan fingerprint density at radius 1 is 1.17 bits per heavy atom. The normalized spacial score (nSPS) is 11.2. The maximum atomic E-state index is 12.4. The first-order chi connectivity index (χ1) is 14.2. The van der Waals surface area contributed by atoms with Crippen LogP contribution >= 0.6 is 23.2 Å². The van der Waals surface area contributed by atoms with Crippen LogP contribution in [-0.4, -0.2) is 26.4 Å². The Labute approximate surface area is 183 Å². The number of carbonyl (C=O) groups excluding carboxylic acids is 1. The van der Waals surface area contributed by atoms with Crippen molar-refractivity contribution in [2.24, 2.45) is 5.14 Å². The topological polar surface area (TPSA) is 111 Å². The highest BCUT2D eigenvalue weighted by Gasteiger charge is 2.19. The SMILES string of the molecule is COc1cc(-c2ccc(NC(=O)Cc3ccccc3Cl)cc2S(N)(=O)=O)cnc1Cl. The molecule has 0 unspecified atom stereocenters. The molecule has 0 saturated heterocycles. The summed E-state index contributed by atoms with van der Waals surface area (Å²) in [5.41, 5.74) is 1.66. The van der Waals surface area contributed by atoms with Crippen molar-refractivity contribution in [2.75, 3.05) is 12.4 Å². The summed E-state index contributed by atoms with van der Waals surface area (Å²) in [5.74, 6) is -0.0716. The quantitative estimate of drug-likeness (QED) is 0.536. The maximum Gasteiger partial charge on any atom is 0.238 e. The van der Waals surface area contributed by atoms with Crippen LogP contribution < -0.4 is 15.2 Å². The van der Waals surface area contributed by atoms with Gasteiger partial charge in [-0.15, -0.1) is 0 Å². The van der Waals surface area contributed by atoms with Gasteiger partial charge in [0.25, 0.3) is 0 Å². The number of carbonyl (C=O) groups is 1. The molecule has 0 atom stereocenters. The molecule has 30 heavy (non-hydrogen) atoms. The standard InChI is InChI=1S/C20H17Cl2N3O4S/c1-29-17-8-13(11-24-20(17)22)15-7-6-14(10-18(15)30(23,27)28)25-19(26)9-12-4-2-3-5-16(12)21/h2-8,10-11H,9H2,1H3,(H,25,26)(H2,23,27,28). The van der Waals surface area contributed by atoms with Gasteiger partial charge in [-0.2, -0.15) is 0 Å². The van der Waals surface area contributed by atoms with E-state index in [2.05, 4.69) is 10.3 Å². The zero-order chi connectivity index (χ0) is 21.9. The number of benzene rings is 2. The number of rotatable bonds is 6. The third kappa shape index (κ3) is 5.09. The first kappa shape index (κ1) is 22.0. The highest BCUT2D eigenvalue weighted by molar-refractivity contribution is 7.89. The van der Waals surface area contributed by atoms with Gasteiger partial charge in [-0.25, -0.2) is 18.5 Å². The third-order valence-electron chi connectivity index (χ3n) is 4.22. The summed E-state index contributed by atoms with van der Waals surface area (Å²) in [6, 6.07) is 12.9. The molecule has 0 aliphatic carbocycles. The van der Waals surface area contributed by atoms with Gasteiger partial charge in [0, 0.05) is 28.0 Å². The molecule has 10 heteroatoms. The fraction of sp³-hybridized carbons (Fsp3) is 0.100. The molecule has 1 amide bonds. The van der Waals surface area contributed by atoms with E-state index >= 15 is 0 Å². The van der Waals surface area contributed by atoms with E-state index in [0.29, 0.717) is 21.7 Å². The molecule has 0 spiro atoms. The van der Waals surface area contributed by atoms with Crippen molar-refractivity contribution in [1.29, 1.82) is 0 Å². The lowest BCUT2D eigenvalue weighted by atomic mass is 10.1. The van der Waals surface area contributed by atoms with Crippen LogP contribution in [0.4, 0.5) is 5.69 Å². The first-order valence-electron chi connectivity index (χ1n) is 8.59. The van der Waals surface area contributed by atoms with E-state index < -0.39 is 10.0 Å². The third-order valence-corrected chi connectivity index (χ3v) is 5.82. The Balaban J connectivity index is 1.94. The van der Waals surface area contributed by atoms with Gasteiger partial charge in [0.05, 0.1) is 18.4 Å². The largest absolute Gasteiger partial charge is 0.494 e. The van der Waals surface area contributed by atoms with Gasteiger partial charge in [0.2, 0.25) is 15.9 Å². The van der Waals surface area contributed by atoms with E-state index in [1.165, 1.54) is 25.4 Å². The monoisotopic (exact) mass is 465 g/mol. The minimum Gasteiger partial charge on any atom is -0.494 e. The number of methoxy groups -OCH3 is 1. The van der Waals surface area contributed by atoms with E-state index in [4.69, 9.17) is 33.1 Å². The van der Waals surface area contributed by atoms with Gasteiger partial charge in [0.1, 0.15) is 0 Å². The number of amides is 1. The summed E-state index contributed by atoms with van der Waals surface area (Å²) in [7, 11) is -2.69. The second-order valence-corrected chi connectivity index (χ2v) is 8.58. The molecule has 3 N–H and O–H groups in total. The Hall–Kier alpha value is -2.65. The summed E-state index contributed by atoms with van der Waals surface area (Å²) < 4.78 is 29.5. The van der Waals surface area contributed by atoms with Crippen LogP contribution in [0.5, 0.6) is 5.75 Å². The smallest absolute Gasteiger partial charge is 0.238 e. The lowest BCUT2D eigenvalue weighted by molar-refractivity contribution is -0.115. The van der Waals surface area contributed by atoms with Crippen LogP contribution in [0.2, 0.25) is 10.2 Å². The molecule has 156 valence electrons. The van der Waals surface area contributed by atoms with Gasteiger partial charge in [-0.3, -0.25) is 4.79 Å². The molecule has 0 fully saturated rings. The molecular formula is C20H17Cl2N3O4S. The summed E-state index contributed by atoms with van der Waals surface area (Å²) in [4.78, 5) is 16.2. The number of anilines is 1. The number of ether oxygens (including phenoxy) is 1. The molecule has 3 aromatic rings. The highest BCUT2D eigenvalue weighted by atomic mass is 35.5. The molecule has 0 bridgehead atoms. The molecule has 0 aliphatic heterocycles. The Morgan fingerprint density at radius 2 is 1.90 bits per heavy atom. The fourth-order valence-electron chi connectivity index (χ4n) is 2.81. The van der Waals surface area contributed by atoms with Crippen molar-refractivity contribution < 1.29 is 17.9 Å².